The minimum absolute atomic E-state index is 0.0874. The van der Waals surface area contributed by atoms with Gasteiger partial charge in [0.15, 0.2) is 5.76 Å². The number of hydrogen-bond donors (Lipinski definition) is 0. The molecule has 0 atom stereocenters. The lowest BCUT2D eigenvalue weighted by Crippen LogP contribution is -2.32. The molecule has 3 aromatic rings. The van der Waals surface area contributed by atoms with Gasteiger partial charge in [-0.15, -0.1) is 0 Å². The Morgan fingerprint density at radius 2 is 1.88 bits per heavy atom. The Morgan fingerprint density at radius 3 is 2.59 bits per heavy atom. The molecule has 0 bridgehead atoms. The second kappa shape index (κ2) is 9.31. The van der Waals surface area contributed by atoms with Crippen LogP contribution in [0.15, 0.2) is 60.5 Å². The molecule has 1 aromatic heterocycles. The van der Waals surface area contributed by atoms with Crippen molar-refractivity contribution in [2.45, 2.75) is 33.9 Å². The van der Waals surface area contributed by atoms with E-state index in [1.54, 1.807) is 6.20 Å². The van der Waals surface area contributed by atoms with E-state index in [9.17, 15) is 4.79 Å². The summed E-state index contributed by atoms with van der Waals surface area (Å²) < 4.78 is 12.2. The highest BCUT2D eigenvalue weighted by Gasteiger charge is 2.33. The van der Waals surface area contributed by atoms with Crippen molar-refractivity contribution in [3.63, 3.8) is 0 Å². The van der Waals surface area contributed by atoms with Crippen molar-refractivity contribution in [2.24, 2.45) is 0 Å². The van der Waals surface area contributed by atoms with Gasteiger partial charge in [-0.2, -0.15) is 0 Å². The fourth-order valence-corrected chi connectivity index (χ4v) is 4.64. The van der Waals surface area contributed by atoms with Gasteiger partial charge in [0, 0.05) is 49.2 Å². The van der Waals surface area contributed by atoms with Crippen LogP contribution in [0.3, 0.4) is 0 Å². The molecule has 0 fully saturated rings. The van der Waals surface area contributed by atoms with Crippen molar-refractivity contribution in [3.8, 4) is 11.5 Å². The molecule has 6 nitrogen and oxygen atoms in total. The van der Waals surface area contributed by atoms with E-state index in [1.807, 2.05) is 49.4 Å². The molecule has 0 saturated heterocycles. The van der Waals surface area contributed by atoms with Gasteiger partial charge in [-0.05, 0) is 62.7 Å². The number of hydrogen-bond acceptors (Lipinski definition) is 6. The van der Waals surface area contributed by atoms with Crippen molar-refractivity contribution in [3.05, 3.63) is 88.4 Å². The molecule has 6 heteroatoms. The molecule has 0 unspecified atom stereocenters. The van der Waals surface area contributed by atoms with Crippen LogP contribution in [0.25, 0.3) is 6.08 Å². The van der Waals surface area contributed by atoms with Gasteiger partial charge >= 0.3 is 0 Å². The van der Waals surface area contributed by atoms with E-state index in [0.717, 1.165) is 41.2 Å². The molecule has 0 aliphatic carbocycles. The van der Waals surface area contributed by atoms with Gasteiger partial charge in [0.2, 0.25) is 5.78 Å². The minimum atomic E-state index is -0.0874. The number of anilines is 1. The summed E-state index contributed by atoms with van der Waals surface area (Å²) in [5, 5.41) is 0. The van der Waals surface area contributed by atoms with Crippen molar-refractivity contribution >= 4 is 17.5 Å². The van der Waals surface area contributed by atoms with E-state index >= 15 is 0 Å². The summed E-state index contributed by atoms with van der Waals surface area (Å²) in [6.45, 7) is 10.0. The van der Waals surface area contributed by atoms with Gasteiger partial charge in [-0.25, -0.2) is 0 Å². The third kappa shape index (κ3) is 4.17. The summed E-state index contributed by atoms with van der Waals surface area (Å²) >= 11 is 0. The number of nitrogens with zero attached hydrogens (tertiary/aromatic N) is 3. The Labute approximate surface area is 200 Å². The average molecular weight is 456 g/mol. The van der Waals surface area contributed by atoms with Crippen LogP contribution >= 0.6 is 0 Å². The Kier molecular flexibility index (Phi) is 6.07. The molecule has 0 amide bonds. The van der Waals surface area contributed by atoms with Crippen LogP contribution in [-0.4, -0.2) is 35.5 Å². The van der Waals surface area contributed by atoms with Gasteiger partial charge < -0.3 is 14.4 Å². The number of carbonyl (C=O) groups is 1. The lowest BCUT2D eigenvalue weighted by atomic mass is 10.00. The topological polar surface area (TPSA) is 54.9 Å². The zero-order valence-corrected chi connectivity index (χ0v) is 19.9. The summed E-state index contributed by atoms with van der Waals surface area (Å²) in [5.74, 6) is 1.68. The zero-order valence-electron chi connectivity index (χ0n) is 19.9. The van der Waals surface area contributed by atoms with Crippen LogP contribution in [-0.2, 0) is 13.1 Å². The number of ketones is 1. The number of Topliss-reactive ketones (excluding diaryl/α,β-unsaturated/α-hetero) is 1. The normalized spacial score (nSPS) is 16.1. The third-order valence-corrected chi connectivity index (χ3v) is 6.43. The quantitative estimate of drug-likeness (QED) is 0.476. The minimum Gasteiger partial charge on any atom is -0.477 e. The Balaban J connectivity index is 1.37. The first-order valence-electron chi connectivity index (χ1n) is 11.8. The smallest absolute Gasteiger partial charge is 0.231 e. The van der Waals surface area contributed by atoms with Crippen molar-refractivity contribution in [1.82, 2.24) is 9.88 Å². The van der Waals surface area contributed by atoms with Gasteiger partial charge in [0.25, 0.3) is 0 Å². The molecular formula is C28H29N3O3. The summed E-state index contributed by atoms with van der Waals surface area (Å²) in [6.07, 6.45) is 3.62. The lowest BCUT2D eigenvalue weighted by molar-refractivity contribution is 0.0865. The van der Waals surface area contributed by atoms with Crippen LogP contribution in [0.2, 0.25) is 0 Å². The van der Waals surface area contributed by atoms with Gasteiger partial charge in [0.05, 0.1) is 11.3 Å². The maximum absolute atomic E-state index is 13.2. The van der Waals surface area contributed by atoms with E-state index in [0.29, 0.717) is 36.9 Å². The van der Waals surface area contributed by atoms with Crippen molar-refractivity contribution in [1.29, 1.82) is 0 Å². The number of allylic oxidation sites excluding steroid dienone is 1. The van der Waals surface area contributed by atoms with E-state index in [2.05, 4.69) is 40.8 Å². The first kappa shape index (κ1) is 22.2. The number of rotatable bonds is 6. The number of carbonyl (C=O) groups excluding carboxylic acids is 1. The maximum atomic E-state index is 13.2. The van der Waals surface area contributed by atoms with Crippen LogP contribution in [0.5, 0.6) is 11.5 Å². The Morgan fingerprint density at radius 1 is 1.09 bits per heavy atom. The number of pyridine rings is 1. The maximum Gasteiger partial charge on any atom is 0.231 e. The molecule has 3 heterocycles. The van der Waals surface area contributed by atoms with E-state index < -0.39 is 0 Å². The van der Waals surface area contributed by atoms with Gasteiger partial charge in [-0.1, -0.05) is 18.2 Å². The highest BCUT2D eigenvalue weighted by Crippen LogP contribution is 2.43. The molecule has 0 N–H and O–H groups in total. The SMILES string of the molecule is CCN(CC)c1ccc(/C=C2\Oc3c(cc4c(c3C)OCN(Cc3ccccn3)C4)C2=O)cc1. The average Bonchev–Trinajstić information content (AvgIpc) is 3.17. The molecule has 0 saturated carbocycles. The van der Waals surface area contributed by atoms with E-state index in [1.165, 1.54) is 5.69 Å². The van der Waals surface area contributed by atoms with Crippen LogP contribution in [0, 0.1) is 6.92 Å². The largest absolute Gasteiger partial charge is 0.477 e. The van der Waals surface area contributed by atoms with Crippen LogP contribution in [0.4, 0.5) is 5.69 Å². The zero-order chi connectivity index (χ0) is 23.7. The summed E-state index contributed by atoms with van der Waals surface area (Å²) in [7, 11) is 0. The molecule has 2 aliphatic heterocycles. The molecule has 2 aliphatic rings. The Hall–Kier alpha value is -3.64. The fraction of sp³-hybridized carbons (Fsp3) is 0.286. The predicted octanol–water partition coefficient (Wildman–Crippen LogP) is 5.20. The number of aromatic nitrogens is 1. The predicted molar refractivity (Wildman–Crippen MR) is 133 cm³/mol. The number of ether oxygens (including phenoxy) is 2. The lowest BCUT2D eigenvalue weighted by Gasteiger charge is -2.30. The number of fused-ring (bicyclic) bond motifs is 2. The molecule has 0 spiro atoms. The van der Waals surface area contributed by atoms with Crippen LogP contribution < -0.4 is 14.4 Å². The molecule has 34 heavy (non-hydrogen) atoms. The summed E-state index contributed by atoms with van der Waals surface area (Å²) in [4.78, 5) is 22.1. The monoisotopic (exact) mass is 455 g/mol. The van der Waals surface area contributed by atoms with Gasteiger partial charge in [0.1, 0.15) is 18.2 Å². The van der Waals surface area contributed by atoms with Crippen molar-refractivity contribution in [2.75, 3.05) is 24.7 Å². The summed E-state index contributed by atoms with van der Waals surface area (Å²) in [6, 6.07) is 16.0. The molecule has 5 rings (SSSR count). The highest BCUT2D eigenvalue weighted by molar-refractivity contribution is 6.15. The standard InChI is InChI=1S/C28H29N3O3/c1-4-31(5-2)23-11-9-20(10-12-23)14-25-26(32)24-15-21-16-30(17-22-8-6-7-13-29-22)18-33-27(21)19(3)28(24)34-25/h6-15H,4-5,16-18H2,1-3H3/b25-14-. The second-order valence-corrected chi connectivity index (χ2v) is 8.65. The second-order valence-electron chi connectivity index (χ2n) is 8.65. The van der Waals surface area contributed by atoms with E-state index in [4.69, 9.17) is 9.47 Å². The molecule has 174 valence electrons. The number of benzene rings is 2. The van der Waals surface area contributed by atoms with Gasteiger partial charge in [-0.3, -0.25) is 14.7 Å². The fourth-order valence-electron chi connectivity index (χ4n) is 4.64. The van der Waals surface area contributed by atoms with Crippen molar-refractivity contribution < 1.29 is 14.3 Å². The molecular weight excluding hydrogens is 426 g/mol. The summed E-state index contributed by atoms with van der Waals surface area (Å²) in [5.41, 5.74) is 5.57. The molecule has 2 aromatic carbocycles. The highest BCUT2D eigenvalue weighted by atomic mass is 16.5. The first-order chi connectivity index (χ1) is 16.6. The first-order valence-corrected chi connectivity index (χ1v) is 11.8. The third-order valence-electron chi connectivity index (χ3n) is 6.43. The van der Waals surface area contributed by atoms with E-state index in [-0.39, 0.29) is 5.78 Å². The Bertz CT molecular complexity index is 1230. The molecule has 0 radical (unpaired) electrons. The van der Waals surface area contributed by atoms with Crippen LogP contribution in [0.1, 0.15) is 46.6 Å².